The molecule has 0 radical (unpaired) electrons. The molecular formula is C25H32N4O2. The highest BCUT2D eigenvalue weighted by Crippen LogP contribution is 2.21. The zero-order valence-electron chi connectivity index (χ0n) is 18.3. The van der Waals surface area contributed by atoms with Crippen molar-refractivity contribution in [2.24, 2.45) is 11.8 Å². The first-order chi connectivity index (χ1) is 15.1. The number of hydrogen-bond acceptors (Lipinski definition) is 4. The maximum absolute atomic E-state index is 12.6. The van der Waals surface area contributed by atoms with E-state index in [1.165, 1.54) is 0 Å². The van der Waals surface area contributed by atoms with Crippen LogP contribution in [0.4, 0.5) is 5.82 Å². The SMILES string of the molecule is CC1CCN(C(=O)c2ccc(NCC3CCN(C(=O)c4ccccc4)CC3)nc2)CC1. The van der Waals surface area contributed by atoms with E-state index in [9.17, 15) is 9.59 Å². The minimum Gasteiger partial charge on any atom is -0.370 e. The van der Waals surface area contributed by atoms with Gasteiger partial charge in [0.05, 0.1) is 5.56 Å². The molecule has 0 unspecified atom stereocenters. The summed E-state index contributed by atoms with van der Waals surface area (Å²) < 4.78 is 0. The van der Waals surface area contributed by atoms with Gasteiger partial charge in [0, 0.05) is 44.5 Å². The fourth-order valence-corrected chi connectivity index (χ4v) is 4.37. The van der Waals surface area contributed by atoms with Crippen LogP contribution in [0.25, 0.3) is 0 Å². The number of pyridine rings is 1. The summed E-state index contributed by atoms with van der Waals surface area (Å²) >= 11 is 0. The van der Waals surface area contributed by atoms with Crippen molar-refractivity contribution in [2.75, 3.05) is 38.0 Å². The standard InChI is InChI=1S/C25H32N4O2/c1-19-9-13-28(14-10-19)25(31)22-7-8-23(27-18-22)26-17-20-11-15-29(16-12-20)24(30)21-5-3-2-4-6-21/h2-8,18-20H,9-17H2,1H3,(H,26,27). The lowest BCUT2D eigenvalue weighted by Gasteiger charge is -2.32. The number of carbonyl (C=O) groups is 2. The zero-order chi connectivity index (χ0) is 21.6. The van der Waals surface area contributed by atoms with Crippen molar-refractivity contribution in [1.82, 2.24) is 14.8 Å². The average Bonchev–Trinajstić information content (AvgIpc) is 2.83. The van der Waals surface area contributed by atoms with Crippen LogP contribution in [0.1, 0.15) is 53.3 Å². The highest BCUT2D eigenvalue weighted by atomic mass is 16.2. The Morgan fingerprint density at radius 2 is 1.48 bits per heavy atom. The molecule has 2 aliphatic heterocycles. The molecule has 4 rings (SSSR count). The number of amides is 2. The van der Waals surface area contributed by atoms with Crippen LogP contribution < -0.4 is 5.32 Å². The summed E-state index contributed by atoms with van der Waals surface area (Å²) in [5, 5.41) is 3.40. The van der Waals surface area contributed by atoms with Crippen LogP contribution in [0.15, 0.2) is 48.7 Å². The quantitative estimate of drug-likeness (QED) is 0.796. The molecular weight excluding hydrogens is 388 g/mol. The van der Waals surface area contributed by atoms with Gasteiger partial charge in [0.15, 0.2) is 0 Å². The molecule has 6 nitrogen and oxygen atoms in total. The van der Waals surface area contributed by atoms with Crippen molar-refractivity contribution in [3.63, 3.8) is 0 Å². The second-order valence-electron chi connectivity index (χ2n) is 8.89. The maximum atomic E-state index is 12.6. The molecule has 0 saturated carbocycles. The number of nitrogens with zero attached hydrogens (tertiary/aromatic N) is 3. The molecule has 2 fully saturated rings. The van der Waals surface area contributed by atoms with Crippen LogP contribution in [0.3, 0.4) is 0 Å². The molecule has 0 bridgehead atoms. The van der Waals surface area contributed by atoms with Gasteiger partial charge < -0.3 is 15.1 Å². The fourth-order valence-electron chi connectivity index (χ4n) is 4.37. The van der Waals surface area contributed by atoms with Crippen molar-refractivity contribution in [2.45, 2.75) is 32.6 Å². The minimum absolute atomic E-state index is 0.0846. The highest BCUT2D eigenvalue weighted by Gasteiger charge is 2.24. The smallest absolute Gasteiger partial charge is 0.255 e. The van der Waals surface area contributed by atoms with E-state index in [1.54, 1.807) is 6.20 Å². The predicted octanol–water partition coefficient (Wildman–Crippen LogP) is 3.92. The van der Waals surface area contributed by atoms with Crippen molar-refractivity contribution in [1.29, 1.82) is 0 Å². The summed E-state index contributed by atoms with van der Waals surface area (Å²) in [7, 11) is 0. The van der Waals surface area contributed by atoms with Crippen molar-refractivity contribution < 1.29 is 9.59 Å². The Kier molecular flexibility index (Phi) is 6.85. The summed E-state index contributed by atoms with van der Waals surface area (Å²) in [6.45, 7) is 6.33. The normalized spacial score (nSPS) is 18.1. The van der Waals surface area contributed by atoms with Gasteiger partial charge in [0.1, 0.15) is 5.82 Å². The molecule has 1 aromatic carbocycles. The number of anilines is 1. The second-order valence-corrected chi connectivity index (χ2v) is 8.89. The Balaban J connectivity index is 1.22. The van der Waals surface area contributed by atoms with E-state index in [0.29, 0.717) is 17.4 Å². The largest absolute Gasteiger partial charge is 0.370 e. The van der Waals surface area contributed by atoms with E-state index in [1.807, 2.05) is 52.3 Å². The average molecular weight is 421 g/mol. The Morgan fingerprint density at radius 3 is 2.10 bits per heavy atom. The summed E-state index contributed by atoms with van der Waals surface area (Å²) in [5.41, 5.74) is 1.42. The van der Waals surface area contributed by atoms with Crippen LogP contribution in [0, 0.1) is 11.8 Å². The Bertz CT molecular complexity index is 868. The Hall–Kier alpha value is -2.89. The predicted molar refractivity (Wildman–Crippen MR) is 122 cm³/mol. The molecule has 1 aromatic heterocycles. The Labute approximate surface area is 184 Å². The molecule has 0 spiro atoms. The lowest BCUT2D eigenvalue weighted by atomic mass is 9.96. The fraction of sp³-hybridized carbons (Fsp3) is 0.480. The van der Waals surface area contributed by atoms with Crippen molar-refractivity contribution >= 4 is 17.6 Å². The number of nitrogens with one attached hydrogen (secondary N) is 1. The maximum Gasteiger partial charge on any atom is 0.255 e. The lowest BCUT2D eigenvalue weighted by Crippen LogP contribution is -2.39. The molecule has 0 aliphatic carbocycles. The van der Waals surface area contributed by atoms with Gasteiger partial charge in [-0.1, -0.05) is 25.1 Å². The van der Waals surface area contributed by atoms with E-state index in [4.69, 9.17) is 0 Å². The number of rotatable bonds is 5. The first-order valence-electron chi connectivity index (χ1n) is 11.4. The minimum atomic E-state index is 0.0846. The monoisotopic (exact) mass is 420 g/mol. The summed E-state index contributed by atoms with van der Waals surface area (Å²) in [6.07, 6.45) is 5.80. The number of piperidine rings is 2. The first-order valence-corrected chi connectivity index (χ1v) is 11.4. The van der Waals surface area contributed by atoms with Gasteiger partial charge in [-0.25, -0.2) is 4.98 Å². The molecule has 2 aromatic rings. The van der Waals surface area contributed by atoms with Gasteiger partial charge in [-0.2, -0.15) is 0 Å². The molecule has 0 atom stereocenters. The third kappa shape index (κ3) is 5.43. The van der Waals surface area contributed by atoms with Crippen LogP contribution in [0.2, 0.25) is 0 Å². The highest BCUT2D eigenvalue weighted by molar-refractivity contribution is 5.94. The van der Waals surface area contributed by atoms with Crippen LogP contribution >= 0.6 is 0 Å². The van der Waals surface area contributed by atoms with Gasteiger partial charge in [-0.3, -0.25) is 9.59 Å². The van der Waals surface area contributed by atoms with Crippen LogP contribution in [0.5, 0.6) is 0 Å². The molecule has 2 amide bonds. The molecule has 31 heavy (non-hydrogen) atoms. The molecule has 1 N–H and O–H groups in total. The third-order valence-corrected chi connectivity index (χ3v) is 6.58. The molecule has 164 valence electrons. The van der Waals surface area contributed by atoms with Crippen molar-refractivity contribution in [3.05, 3.63) is 59.8 Å². The summed E-state index contributed by atoms with van der Waals surface area (Å²) in [4.78, 5) is 33.6. The number of aromatic nitrogens is 1. The number of carbonyl (C=O) groups excluding carboxylic acids is 2. The van der Waals surface area contributed by atoms with Crippen LogP contribution in [-0.4, -0.2) is 59.3 Å². The van der Waals surface area contributed by atoms with Gasteiger partial charge in [-0.05, 0) is 61.8 Å². The zero-order valence-corrected chi connectivity index (χ0v) is 18.3. The number of benzene rings is 1. The molecule has 3 heterocycles. The van der Waals surface area contributed by atoms with E-state index in [0.717, 1.165) is 69.8 Å². The molecule has 2 aliphatic rings. The van der Waals surface area contributed by atoms with Crippen LogP contribution in [-0.2, 0) is 0 Å². The second kappa shape index (κ2) is 9.94. The van der Waals surface area contributed by atoms with E-state index in [2.05, 4.69) is 17.2 Å². The van der Waals surface area contributed by atoms with E-state index in [-0.39, 0.29) is 11.8 Å². The summed E-state index contributed by atoms with van der Waals surface area (Å²) in [6, 6.07) is 13.3. The number of likely N-dealkylation sites (tertiary alicyclic amines) is 2. The number of hydrogen-bond donors (Lipinski definition) is 1. The van der Waals surface area contributed by atoms with Gasteiger partial charge in [0.2, 0.25) is 0 Å². The van der Waals surface area contributed by atoms with E-state index < -0.39 is 0 Å². The lowest BCUT2D eigenvalue weighted by molar-refractivity contribution is 0.0688. The first kappa shape index (κ1) is 21.3. The summed E-state index contributed by atoms with van der Waals surface area (Å²) in [5.74, 6) is 2.22. The Morgan fingerprint density at radius 1 is 0.871 bits per heavy atom. The van der Waals surface area contributed by atoms with Gasteiger partial charge in [-0.15, -0.1) is 0 Å². The van der Waals surface area contributed by atoms with Crippen molar-refractivity contribution in [3.8, 4) is 0 Å². The molecule has 6 heteroatoms. The van der Waals surface area contributed by atoms with Gasteiger partial charge >= 0.3 is 0 Å². The topological polar surface area (TPSA) is 65.5 Å². The third-order valence-electron chi connectivity index (χ3n) is 6.58. The van der Waals surface area contributed by atoms with Gasteiger partial charge in [0.25, 0.3) is 11.8 Å². The molecule has 2 saturated heterocycles. The van der Waals surface area contributed by atoms with E-state index >= 15 is 0 Å².